The number of fused-ring (bicyclic) bond motifs is 2. The van der Waals surface area contributed by atoms with Crippen molar-refractivity contribution in [2.24, 2.45) is 0 Å². The molecule has 30 heavy (non-hydrogen) atoms. The summed E-state index contributed by atoms with van der Waals surface area (Å²) in [4.78, 5) is 12.1. The monoisotopic (exact) mass is 406 g/mol. The van der Waals surface area contributed by atoms with Crippen molar-refractivity contribution in [1.82, 2.24) is 20.1 Å². The number of nitrogens with zero attached hydrogens (tertiary/aromatic N) is 3. The molecule has 8 heteroatoms. The maximum absolute atomic E-state index is 12.1. The van der Waals surface area contributed by atoms with Crippen LogP contribution in [0.2, 0.25) is 0 Å². The summed E-state index contributed by atoms with van der Waals surface area (Å²) in [6.45, 7) is 1.54. The third-order valence-corrected chi connectivity index (χ3v) is 5.27. The summed E-state index contributed by atoms with van der Waals surface area (Å²) in [5.74, 6) is 3.81. The number of hydrogen-bond acceptors (Lipinski definition) is 6. The van der Waals surface area contributed by atoms with E-state index in [0.29, 0.717) is 18.0 Å². The number of amides is 1. The topological polar surface area (TPSA) is 87.5 Å². The van der Waals surface area contributed by atoms with Crippen LogP contribution in [0, 0.1) is 0 Å². The Balaban J connectivity index is 1.14. The van der Waals surface area contributed by atoms with E-state index in [1.807, 2.05) is 42.5 Å². The standard InChI is InChI=1S/C22H22N4O4/c27-21(23-12-15-4-9-18-19(11-15)30-14-29-18)13-28-17-7-5-16(6-8-17)22-25-24-20-3-1-2-10-26(20)22/h4-9,11H,1-3,10,12-14H2,(H,23,27). The molecule has 0 fully saturated rings. The smallest absolute Gasteiger partial charge is 0.258 e. The second-order valence-electron chi connectivity index (χ2n) is 7.33. The van der Waals surface area contributed by atoms with Gasteiger partial charge in [0.1, 0.15) is 11.6 Å². The fraction of sp³-hybridized carbons (Fsp3) is 0.318. The van der Waals surface area contributed by atoms with Crippen LogP contribution < -0.4 is 19.5 Å². The van der Waals surface area contributed by atoms with E-state index >= 15 is 0 Å². The van der Waals surface area contributed by atoms with Crippen molar-refractivity contribution in [3.63, 3.8) is 0 Å². The molecule has 154 valence electrons. The summed E-state index contributed by atoms with van der Waals surface area (Å²) < 4.78 is 18.4. The Morgan fingerprint density at radius 1 is 1.07 bits per heavy atom. The van der Waals surface area contributed by atoms with Gasteiger partial charge in [-0.15, -0.1) is 10.2 Å². The van der Waals surface area contributed by atoms with Gasteiger partial charge in [-0.1, -0.05) is 6.07 Å². The van der Waals surface area contributed by atoms with Crippen molar-refractivity contribution in [1.29, 1.82) is 0 Å². The molecule has 2 aromatic carbocycles. The summed E-state index contributed by atoms with van der Waals surface area (Å²) >= 11 is 0. The second-order valence-corrected chi connectivity index (χ2v) is 7.33. The van der Waals surface area contributed by atoms with Crippen molar-refractivity contribution in [2.75, 3.05) is 13.4 Å². The normalized spacial score (nSPS) is 14.3. The molecular formula is C22H22N4O4. The molecule has 2 aliphatic rings. The average molecular weight is 406 g/mol. The number of carbonyl (C=O) groups is 1. The molecule has 0 aliphatic carbocycles. The van der Waals surface area contributed by atoms with Gasteiger partial charge in [0.15, 0.2) is 23.9 Å². The van der Waals surface area contributed by atoms with Crippen LogP contribution in [0.4, 0.5) is 0 Å². The van der Waals surface area contributed by atoms with Crippen LogP contribution in [0.25, 0.3) is 11.4 Å². The number of nitrogens with one attached hydrogen (secondary N) is 1. The highest BCUT2D eigenvalue weighted by molar-refractivity contribution is 5.77. The van der Waals surface area contributed by atoms with E-state index in [0.717, 1.165) is 47.9 Å². The van der Waals surface area contributed by atoms with Crippen molar-refractivity contribution < 1.29 is 19.0 Å². The molecule has 0 atom stereocenters. The fourth-order valence-corrected chi connectivity index (χ4v) is 3.67. The van der Waals surface area contributed by atoms with Crippen molar-refractivity contribution >= 4 is 5.91 Å². The fourth-order valence-electron chi connectivity index (χ4n) is 3.67. The lowest BCUT2D eigenvalue weighted by molar-refractivity contribution is -0.123. The Labute approximate surface area is 173 Å². The molecule has 0 unspecified atom stereocenters. The zero-order valence-corrected chi connectivity index (χ0v) is 16.5. The molecule has 0 saturated heterocycles. The van der Waals surface area contributed by atoms with Gasteiger partial charge in [0.05, 0.1) is 0 Å². The Morgan fingerprint density at radius 3 is 2.83 bits per heavy atom. The summed E-state index contributed by atoms with van der Waals surface area (Å²) in [5.41, 5.74) is 1.93. The summed E-state index contributed by atoms with van der Waals surface area (Å²) in [6, 6.07) is 13.2. The van der Waals surface area contributed by atoms with Crippen LogP contribution in [-0.4, -0.2) is 34.1 Å². The maximum atomic E-state index is 12.1. The minimum Gasteiger partial charge on any atom is -0.484 e. The van der Waals surface area contributed by atoms with E-state index in [1.54, 1.807) is 0 Å². The predicted molar refractivity (Wildman–Crippen MR) is 108 cm³/mol. The first-order chi connectivity index (χ1) is 14.8. The largest absolute Gasteiger partial charge is 0.484 e. The molecule has 0 saturated carbocycles. The molecule has 0 bridgehead atoms. The number of ether oxygens (including phenoxy) is 3. The van der Waals surface area contributed by atoms with Crippen molar-refractivity contribution in [2.45, 2.75) is 32.4 Å². The van der Waals surface area contributed by atoms with Crippen molar-refractivity contribution in [3.05, 3.63) is 53.9 Å². The quantitative estimate of drug-likeness (QED) is 0.677. The molecule has 1 amide bonds. The number of hydrogen-bond donors (Lipinski definition) is 1. The van der Waals surface area contributed by atoms with E-state index in [4.69, 9.17) is 14.2 Å². The van der Waals surface area contributed by atoms with Crippen molar-refractivity contribution in [3.8, 4) is 28.6 Å². The van der Waals surface area contributed by atoms with Crippen LogP contribution in [-0.2, 0) is 24.3 Å². The van der Waals surface area contributed by atoms with Gasteiger partial charge in [-0.05, 0) is 54.8 Å². The number of rotatable bonds is 6. The molecule has 0 spiro atoms. The Kier molecular flexibility index (Phi) is 4.96. The van der Waals surface area contributed by atoms with Crippen LogP contribution >= 0.6 is 0 Å². The third kappa shape index (κ3) is 3.80. The molecule has 5 rings (SSSR count). The number of benzene rings is 2. The zero-order valence-electron chi connectivity index (χ0n) is 16.5. The number of carbonyl (C=O) groups excluding carboxylic acids is 1. The predicted octanol–water partition coefficient (Wildman–Crippen LogP) is 2.71. The van der Waals surface area contributed by atoms with Crippen LogP contribution in [0.3, 0.4) is 0 Å². The van der Waals surface area contributed by atoms with Gasteiger partial charge in [0.25, 0.3) is 5.91 Å². The van der Waals surface area contributed by atoms with Gasteiger partial charge in [0, 0.05) is 25.1 Å². The lowest BCUT2D eigenvalue weighted by Gasteiger charge is -2.14. The van der Waals surface area contributed by atoms with E-state index in [9.17, 15) is 4.79 Å². The summed E-state index contributed by atoms with van der Waals surface area (Å²) in [6.07, 6.45) is 3.30. The molecule has 1 aromatic heterocycles. The molecule has 0 radical (unpaired) electrons. The van der Waals surface area contributed by atoms with Gasteiger partial charge in [0.2, 0.25) is 6.79 Å². The minimum atomic E-state index is -0.191. The molecule has 3 aromatic rings. The SMILES string of the molecule is O=C(COc1ccc(-c2nnc3n2CCCC3)cc1)NCc1ccc2c(c1)OCO2. The van der Waals surface area contributed by atoms with E-state index in [2.05, 4.69) is 20.1 Å². The molecule has 3 heterocycles. The van der Waals surface area contributed by atoms with Gasteiger partial charge >= 0.3 is 0 Å². The van der Waals surface area contributed by atoms with E-state index in [-0.39, 0.29) is 19.3 Å². The van der Waals surface area contributed by atoms with Crippen LogP contribution in [0.1, 0.15) is 24.2 Å². The number of aryl methyl sites for hydroxylation is 1. The van der Waals surface area contributed by atoms with Gasteiger partial charge < -0.3 is 24.1 Å². The minimum absolute atomic E-state index is 0.0514. The van der Waals surface area contributed by atoms with E-state index < -0.39 is 0 Å². The highest BCUT2D eigenvalue weighted by Crippen LogP contribution is 2.32. The number of aromatic nitrogens is 3. The van der Waals surface area contributed by atoms with E-state index in [1.165, 1.54) is 6.42 Å². The zero-order chi connectivity index (χ0) is 20.3. The molecule has 1 N–H and O–H groups in total. The average Bonchev–Trinajstić information content (AvgIpc) is 3.43. The van der Waals surface area contributed by atoms with Crippen LogP contribution in [0.5, 0.6) is 17.2 Å². The highest BCUT2D eigenvalue weighted by Gasteiger charge is 2.17. The van der Waals surface area contributed by atoms with Gasteiger partial charge in [-0.2, -0.15) is 0 Å². The Bertz CT molecular complexity index is 1060. The highest BCUT2D eigenvalue weighted by atomic mass is 16.7. The first-order valence-corrected chi connectivity index (χ1v) is 10.1. The van der Waals surface area contributed by atoms with Crippen LogP contribution in [0.15, 0.2) is 42.5 Å². The Hall–Kier alpha value is -3.55. The van der Waals surface area contributed by atoms with Gasteiger partial charge in [-0.25, -0.2) is 0 Å². The summed E-state index contributed by atoms with van der Waals surface area (Å²) in [7, 11) is 0. The molecule has 2 aliphatic heterocycles. The lowest BCUT2D eigenvalue weighted by Crippen LogP contribution is -2.28. The maximum Gasteiger partial charge on any atom is 0.258 e. The first kappa shape index (κ1) is 18.5. The molecule has 8 nitrogen and oxygen atoms in total. The Morgan fingerprint density at radius 2 is 1.93 bits per heavy atom. The molecular weight excluding hydrogens is 384 g/mol. The van der Waals surface area contributed by atoms with Gasteiger partial charge in [-0.3, -0.25) is 4.79 Å². The first-order valence-electron chi connectivity index (χ1n) is 10.1. The third-order valence-electron chi connectivity index (χ3n) is 5.27. The lowest BCUT2D eigenvalue weighted by atomic mass is 10.1. The second kappa shape index (κ2) is 8.06. The summed E-state index contributed by atoms with van der Waals surface area (Å²) in [5, 5.41) is 11.5.